The van der Waals surface area contributed by atoms with Gasteiger partial charge in [-0.25, -0.2) is 14.4 Å². The largest absolute Gasteiger partial charge is 0.504 e. The molecule has 0 fully saturated rings. The normalized spacial score (nSPS) is 13.8. The van der Waals surface area contributed by atoms with Crippen molar-refractivity contribution in [1.29, 1.82) is 0 Å². The van der Waals surface area contributed by atoms with Crippen molar-refractivity contribution in [2.24, 2.45) is 0 Å². The van der Waals surface area contributed by atoms with Crippen LogP contribution in [0.25, 0.3) is 0 Å². The van der Waals surface area contributed by atoms with Gasteiger partial charge in [0.25, 0.3) is 0 Å². The SMILES string of the molecule is C[C@@H](OC(=O)c1ccccc1)[C@@H](C)OC(=O)[C@H](Cc1ccc(O)c(O)c1)NC(=O)OC(C)(C)C. The first-order valence-electron chi connectivity index (χ1n) is 10.8. The maximum atomic E-state index is 12.9. The van der Waals surface area contributed by atoms with Crippen LogP contribution >= 0.6 is 0 Å². The van der Waals surface area contributed by atoms with Crippen LogP contribution in [0.1, 0.15) is 50.5 Å². The third-order valence-corrected chi connectivity index (χ3v) is 4.72. The topological polar surface area (TPSA) is 131 Å². The van der Waals surface area contributed by atoms with E-state index in [0.29, 0.717) is 11.1 Å². The Morgan fingerprint density at radius 2 is 1.53 bits per heavy atom. The van der Waals surface area contributed by atoms with Gasteiger partial charge in [-0.1, -0.05) is 24.3 Å². The molecule has 3 atom stereocenters. The minimum Gasteiger partial charge on any atom is -0.504 e. The maximum Gasteiger partial charge on any atom is 0.408 e. The van der Waals surface area contributed by atoms with Crippen LogP contribution in [0.2, 0.25) is 0 Å². The van der Waals surface area contributed by atoms with Crippen molar-refractivity contribution in [1.82, 2.24) is 5.32 Å². The highest BCUT2D eigenvalue weighted by atomic mass is 16.6. The lowest BCUT2D eigenvalue weighted by atomic mass is 10.1. The fourth-order valence-corrected chi connectivity index (χ4v) is 2.84. The fourth-order valence-electron chi connectivity index (χ4n) is 2.84. The fraction of sp³-hybridized carbons (Fsp3) is 0.400. The van der Waals surface area contributed by atoms with Crippen molar-refractivity contribution in [3.63, 3.8) is 0 Å². The lowest BCUT2D eigenvalue weighted by Crippen LogP contribution is -2.47. The number of esters is 2. The third-order valence-electron chi connectivity index (χ3n) is 4.72. The lowest BCUT2D eigenvalue weighted by Gasteiger charge is -2.26. The summed E-state index contributed by atoms with van der Waals surface area (Å²) in [6, 6.07) is 11.3. The Bertz CT molecular complexity index is 1000. The summed E-state index contributed by atoms with van der Waals surface area (Å²) < 4.78 is 16.1. The van der Waals surface area contributed by atoms with Gasteiger partial charge >= 0.3 is 18.0 Å². The molecule has 0 aromatic heterocycles. The van der Waals surface area contributed by atoms with Crippen molar-refractivity contribution in [3.8, 4) is 11.5 Å². The number of aromatic hydroxyl groups is 2. The van der Waals surface area contributed by atoms with Crippen molar-refractivity contribution in [3.05, 3.63) is 59.7 Å². The molecule has 0 heterocycles. The van der Waals surface area contributed by atoms with Gasteiger partial charge in [0.15, 0.2) is 11.5 Å². The zero-order valence-electron chi connectivity index (χ0n) is 19.9. The summed E-state index contributed by atoms with van der Waals surface area (Å²) in [4.78, 5) is 37.5. The van der Waals surface area contributed by atoms with E-state index in [1.165, 1.54) is 18.2 Å². The van der Waals surface area contributed by atoms with Gasteiger partial charge in [0.2, 0.25) is 0 Å². The smallest absolute Gasteiger partial charge is 0.408 e. The molecule has 9 nitrogen and oxygen atoms in total. The van der Waals surface area contributed by atoms with E-state index in [-0.39, 0.29) is 17.9 Å². The van der Waals surface area contributed by atoms with Crippen LogP contribution < -0.4 is 5.32 Å². The zero-order chi connectivity index (χ0) is 25.5. The number of carbonyl (C=O) groups excluding carboxylic acids is 3. The number of nitrogens with one attached hydrogen (secondary N) is 1. The molecule has 34 heavy (non-hydrogen) atoms. The van der Waals surface area contributed by atoms with Crippen LogP contribution in [-0.4, -0.2) is 52.1 Å². The molecule has 184 valence electrons. The molecule has 3 N–H and O–H groups in total. The second kappa shape index (κ2) is 11.4. The summed E-state index contributed by atoms with van der Waals surface area (Å²) in [6.45, 7) is 8.21. The minimum absolute atomic E-state index is 0.0448. The molecule has 0 aliphatic heterocycles. The predicted molar refractivity (Wildman–Crippen MR) is 124 cm³/mol. The third kappa shape index (κ3) is 8.31. The van der Waals surface area contributed by atoms with E-state index in [4.69, 9.17) is 14.2 Å². The van der Waals surface area contributed by atoms with E-state index in [9.17, 15) is 24.6 Å². The number of carbonyl (C=O) groups is 3. The quantitative estimate of drug-likeness (QED) is 0.300. The van der Waals surface area contributed by atoms with Gasteiger partial charge in [0, 0.05) is 6.42 Å². The molecule has 0 radical (unpaired) electrons. The van der Waals surface area contributed by atoms with Crippen LogP contribution in [0, 0.1) is 0 Å². The highest BCUT2D eigenvalue weighted by molar-refractivity contribution is 5.89. The number of amides is 1. The Labute approximate surface area is 198 Å². The van der Waals surface area contributed by atoms with Crippen molar-refractivity contribution in [2.45, 2.75) is 64.9 Å². The number of hydrogen-bond acceptors (Lipinski definition) is 8. The van der Waals surface area contributed by atoms with Gasteiger partial charge in [0.05, 0.1) is 5.56 Å². The monoisotopic (exact) mass is 473 g/mol. The first-order valence-corrected chi connectivity index (χ1v) is 10.8. The van der Waals surface area contributed by atoms with Gasteiger partial charge in [-0.05, 0) is 64.4 Å². The number of ether oxygens (including phenoxy) is 3. The molecular formula is C25H31NO8. The lowest BCUT2D eigenvalue weighted by molar-refractivity contribution is -0.155. The Hall–Kier alpha value is -3.75. The highest BCUT2D eigenvalue weighted by Gasteiger charge is 2.29. The van der Waals surface area contributed by atoms with Gasteiger partial charge in [-0.3, -0.25) is 0 Å². The summed E-state index contributed by atoms with van der Waals surface area (Å²) >= 11 is 0. The van der Waals surface area contributed by atoms with E-state index in [2.05, 4.69) is 5.32 Å². The van der Waals surface area contributed by atoms with Gasteiger partial charge in [0.1, 0.15) is 23.9 Å². The molecule has 9 heteroatoms. The zero-order valence-corrected chi connectivity index (χ0v) is 19.9. The van der Waals surface area contributed by atoms with E-state index in [1.807, 2.05) is 0 Å². The van der Waals surface area contributed by atoms with Crippen molar-refractivity contribution < 1.29 is 38.8 Å². The summed E-state index contributed by atoms with van der Waals surface area (Å²) in [7, 11) is 0. The molecule has 0 aliphatic carbocycles. The second-order valence-electron chi connectivity index (χ2n) is 8.84. The Morgan fingerprint density at radius 1 is 0.912 bits per heavy atom. The molecule has 2 aromatic carbocycles. The molecule has 0 saturated carbocycles. The first kappa shape index (κ1) is 26.5. The summed E-state index contributed by atoms with van der Waals surface area (Å²) in [5.41, 5.74) is 0.0389. The Morgan fingerprint density at radius 3 is 2.12 bits per heavy atom. The van der Waals surface area contributed by atoms with Crippen LogP contribution in [0.4, 0.5) is 4.79 Å². The molecule has 1 amide bonds. The molecular weight excluding hydrogens is 442 g/mol. The molecule has 0 aliphatic rings. The molecule has 0 saturated heterocycles. The van der Waals surface area contributed by atoms with Crippen LogP contribution in [0.3, 0.4) is 0 Å². The predicted octanol–water partition coefficient (Wildman–Crippen LogP) is 3.71. The summed E-state index contributed by atoms with van der Waals surface area (Å²) in [6.07, 6.45) is -2.46. The number of phenolic OH excluding ortho intramolecular Hbond substituents is 2. The van der Waals surface area contributed by atoms with E-state index >= 15 is 0 Å². The molecule has 2 rings (SSSR count). The highest BCUT2D eigenvalue weighted by Crippen LogP contribution is 2.25. The van der Waals surface area contributed by atoms with Gasteiger partial charge in [-0.15, -0.1) is 0 Å². The van der Waals surface area contributed by atoms with E-state index in [0.717, 1.165) is 0 Å². The van der Waals surface area contributed by atoms with Gasteiger partial charge in [-0.2, -0.15) is 0 Å². The second-order valence-corrected chi connectivity index (χ2v) is 8.84. The summed E-state index contributed by atoms with van der Waals surface area (Å²) in [5, 5.41) is 21.8. The number of phenols is 2. The first-order chi connectivity index (χ1) is 15.9. The van der Waals surface area contributed by atoms with Gasteiger partial charge < -0.3 is 29.7 Å². The van der Waals surface area contributed by atoms with Crippen LogP contribution in [-0.2, 0) is 25.4 Å². The minimum atomic E-state index is -1.17. The average molecular weight is 474 g/mol. The number of rotatable bonds is 8. The Balaban J connectivity index is 2.09. The van der Waals surface area contributed by atoms with Crippen LogP contribution in [0.5, 0.6) is 11.5 Å². The maximum absolute atomic E-state index is 12.9. The standard InChI is InChI=1S/C25H31NO8/c1-15(32-22(29)18-9-7-6-8-10-18)16(2)33-23(30)19(26-24(31)34-25(3,4)5)13-17-11-12-20(27)21(28)14-17/h6-12,14-16,19,27-28H,13H2,1-5H3,(H,26,31)/t15-,16-,19+/m1/s1. The van der Waals surface area contributed by atoms with E-state index < -0.39 is 41.9 Å². The summed E-state index contributed by atoms with van der Waals surface area (Å²) in [5.74, 6) is -2.02. The van der Waals surface area contributed by atoms with Crippen molar-refractivity contribution >= 4 is 18.0 Å². The van der Waals surface area contributed by atoms with Crippen LogP contribution in [0.15, 0.2) is 48.5 Å². The Kier molecular flexibility index (Phi) is 8.89. The number of alkyl carbamates (subject to hydrolysis) is 1. The van der Waals surface area contributed by atoms with E-state index in [1.54, 1.807) is 65.0 Å². The number of benzene rings is 2. The molecule has 0 bridgehead atoms. The molecule has 0 unspecified atom stereocenters. The molecule has 2 aromatic rings. The number of hydrogen-bond donors (Lipinski definition) is 3. The van der Waals surface area contributed by atoms with Crippen molar-refractivity contribution in [2.75, 3.05) is 0 Å². The molecule has 0 spiro atoms. The average Bonchev–Trinajstić information content (AvgIpc) is 2.75.